The van der Waals surface area contributed by atoms with Crippen molar-refractivity contribution in [3.63, 3.8) is 0 Å². The first-order valence-electron chi connectivity index (χ1n) is 6.55. The fourth-order valence-corrected chi connectivity index (χ4v) is 2.02. The second kappa shape index (κ2) is 5.91. The number of carboxylic acid groups (broad SMARTS) is 1. The minimum atomic E-state index is -1.21. The van der Waals surface area contributed by atoms with Crippen LogP contribution in [0.2, 0.25) is 0 Å². The molecule has 6 nitrogen and oxygen atoms in total. The minimum absolute atomic E-state index is 0.000969. The van der Waals surface area contributed by atoms with E-state index in [0.717, 1.165) is 12.8 Å². The highest BCUT2D eigenvalue weighted by Crippen LogP contribution is 2.39. The second-order valence-electron chi connectivity index (χ2n) is 5.28. The van der Waals surface area contributed by atoms with E-state index in [1.807, 2.05) is 0 Å². The Morgan fingerprint density at radius 3 is 2.53 bits per heavy atom. The zero-order chi connectivity index (χ0) is 14.6. The van der Waals surface area contributed by atoms with E-state index in [1.54, 1.807) is 20.8 Å². The summed E-state index contributed by atoms with van der Waals surface area (Å²) in [5.74, 6) is -1.28. The van der Waals surface area contributed by atoms with Gasteiger partial charge in [-0.1, -0.05) is 0 Å². The van der Waals surface area contributed by atoms with Crippen LogP contribution in [0.25, 0.3) is 0 Å². The number of nitriles is 1. The zero-order valence-corrected chi connectivity index (χ0v) is 11.6. The normalized spacial score (nSPS) is 18.8. The first kappa shape index (κ1) is 15.3. The van der Waals surface area contributed by atoms with Crippen molar-refractivity contribution in [2.45, 2.75) is 39.2 Å². The highest BCUT2D eigenvalue weighted by atomic mass is 16.4. The zero-order valence-electron chi connectivity index (χ0n) is 11.6. The molecular weight excluding hydrogens is 246 g/mol. The number of amides is 2. The maximum Gasteiger partial charge on any atom is 0.329 e. The number of carbonyl (C=O) groups excluding carboxylic acids is 1. The van der Waals surface area contributed by atoms with E-state index in [9.17, 15) is 14.7 Å². The lowest BCUT2D eigenvalue weighted by molar-refractivity contribution is -0.144. The van der Waals surface area contributed by atoms with Crippen LogP contribution in [0.4, 0.5) is 4.79 Å². The Bertz CT molecular complexity index is 400. The van der Waals surface area contributed by atoms with Crippen LogP contribution in [0.1, 0.15) is 33.6 Å². The second-order valence-corrected chi connectivity index (χ2v) is 5.28. The molecule has 0 aromatic heterocycles. The molecule has 0 saturated heterocycles. The van der Waals surface area contributed by atoms with E-state index >= 15 is 0 Å². The van der Waals surface area contributed by atoms with E-state index < -0.39 is 17.5 Å². The average molecular weight is 267 g/mol. The van der Waals surface area contributed by atoms with Gasteiger partial charge in [0.25, 0.3) is 0 Å². The molecule has 1 fully saturated rings. The summed E-state index contributed by atoms with van der Waals surface area (Å²) in [6.07, 6.45) is 1.65. The summed E-state index contributed by atoms with van der Waals surface area (Å²) in [4.78, 5) is 24.9. The average Bonchev–Trinajstić information content (AvgIpc) is 3.19. The van der Waals surface area contributed by atoms with Crippen molar-refractivity contribution in [2.75, 3.05) is 13.1 Å². The summed E-state index contributed by atoms with van der Waals surface area (Å²) in [6.45, 7) is 5.83. The highest BCUT2D eigenvalue weighted by molar-refractivity contribution is 5.86. The van der Waals surface area contributed by atoms with Crippen molar-refractivity contribution in [3.05, 3.63) is 0 Å². The molecule has 0 aromatic carbocycles. The van der Waals surface area contributed by atoms with Crippen LogP contribution in [-0.4, -0.2) is 40.6 Å². The van der Waals surface area contributed by atoms with Gasteiger partial charge in [-0.05, 0) is 39.5 Å². The number of nitrogens with zero attached hydrogens (tertiary/aromatic N) is 2. The van der Waals surface area contributed by atoms with Crippen molar-refractivity contribution in [2.24, 2.45) is 11.8 Å². The van der Waals surface area contributed by atoms with Crippen LogP contribution in [-0.2, 0) is 4.79 Å². The molecule has 1 aliphatic rings. The summed E-state index contributed by atoms with van der Waals surface area (Å²) in [5.41, 5.74) is -1.21. The van der Waals surface area contributed by atoms with Crippen LogP contribution in [0.15, 0.2) is 0 Å². The van der Waals surface area contributed by atoms with Gasteiger partial charge >= 0.3 is 12.0 Å². The molecule has 106 valence electrons. The Balaban J connectivity index is 2.70. The number of carboxylic acids is 1. The van der Waals surface area contributed by atoms with Gasteiger partial charge in [0, 0.05) is 13.1 Å². The van der Waals surface area contributed by atoms with Gasteiger partial charge in [0.15, 0.2) is 0 Å². The number of carbonyl (C=O) groups is 2. The molecule has 0 heterocycles. The third-order valence-corrected chi connectivity index (χ3v) is 3.59. The van der Waals surface area contributed by atoms with E-state index in [2.05, 4.69) is 11.4 Å². The van der Waals surface area contributed by atoms with Gasteiger partial charge in [-0.3, -0.25) is 0 Å². The largest absolute Gasteiger partial charge is 0.480 e. The van der Waals surface area contributed by atoms with Crippen LogP contribution in [0.5, 0.6) is 0 Å². The number of hydrogen-bond donors (Lipinski definition) is 2. The molecule has 1 rings (SSSR count). The summed E-state index contributed by atoms with van der Waals surface area (Å²) in [6, 6.07) is 1.65. The lowest BCUT2D eigenvalue weighted by Crippen LogP contribution is -2.57. The van der Waals surface area contributed by atoms with E-state index in [0.29, 0.717) is 13.1 Å². The molecule has 0 spiro atoms. The predicted molar refractivity (Wildman–Crippen MR) is 69.3 cm³/mol. The van der Waals surface area contributed by atoms with Crippen LogP contribution in [0, 0.1) is 23.2 Å². The van der Waals surface area contributed by atoms with Crippen molar-refractivity contribution >= 4 is 12.0 Å². The topological polar surface area (TPSA) is 93.4 Å². The van der Waals surface area contributed by atoms with Gasteiger partial charge in [0.05, 0.1) is 12.0 Å². The first-order valence-corrected chi connectivity index (χ1v) is 6.55. The van der Waals surface area contributed by atoms with Gasteiger partial charge < -0.3 is 15.3 Å². The fourth-order valence-electron chi connectivity index (χ4n) is 2.02. The monoisotopic (exact) mass is 267 g/mol. The standard InChI is InChI=1S/C13H21N3O3/c1-4-16(8-9(2)7-14)12(19)15-13(3,11(17)18)10-5-6-10/h9-10H,4-6,8H2,1-3H3,(H,15,19)(H,17,18). The van der Waals surface area contributed by atoms with Gasteiger partial charge in [-0.2, -0.15) is 5.26 Å². The Labute approximate surface area is 113 Å². The number of urea groups is 1. The SMILES string of the molecule is CCN(CC(C)C#N)C(=O)NC(C)(C(=O)O)C1CC1. The predicted octanol–water partition coefficient (Wildman–Crippen LogP) is 1.43. The Kier molecular flexibility index (Phi) is 4.76. The van der Waals surface area contributed by atoms with Crippen molar-refractivity contribution < 1.29 is 14.7 Å². The van der Waals surface area contributed by atoms with Crippen LogP contribution >= 0.6 is 0 Å². The van der Waals surface area contributed by atoms with E-state index in [1.165, 1.54) is 4.90 Å². The summed E-state index contributed by atoms with van der Waals surface area (Å²) in [5, 5.41) is 20.7. The molecule has 1 aliphatic carbocycles. The third kappa shape index (κ3) is 3.60. The molecule has 19 heavy (non-hydrogen) atoms. The third-order valence-electron chi connectivity index (χ3n) is 3.59. The molecule has 0 bridgehead atoms. The number of hydrogen-bond acceptors (Lipinski definition) is 3. The van der Waals surface area contributed by atoms with Gasteiger partial charge in [-0.25, -0.2) is 9.59 Å². The summed E-state index contributed by atoms with van der Waals surface area (Å²) < 4.78 is 0. The fraction of sp³-hybridized carbons (Fsp3) is 0.769. The van der Waals surface area contributed by atoms with Crippen molar-refractivity contribution in [1.29, 1.82) is 5.26 Å². The smallest absolute Gasteiger partial charge is 0.329 e. The molecule has 2 atom stereocenters. The molecular formula is C13H21N3O3. The van der Waals surface area contributed by atoms with Crippen LogP contribution < -0.4 is 5.32 Å². The van der Waals surface area contributed by atoms with Crippen LogP contribution in [0.3, 0.4) is 0 Å². The Hall–Kier alpha value is -1.77. The van der Waals surface area contributed by atoms with Gasteiger partial charge in [-0.15, -0.1) is 0 Å². The van der Waals surface area contributed by atoms with E-state index in [4.69, 9.17) is 5.26 Å². The first-order chi connectivity index (χ1) is 8.85. The Morgan fingerprint density at radius 2 is 2.16 bits per heavy atom. The van der Waals surface area contributed by atoms with E-state index in [-0.39, 0.29) is 11.8 Å². The molecule has 2 amide bonds. The quantitative estimate of drug-likeness (QED) is 0.761. The summed E-state index contributed by atoms with van der Waals surface area (Å²) >= 11 is 0. The maximum absolute atomic E-state index is 12.1. The molecule has 2 unspecified atom stereocenters. The lowest BCUT2D eigenvalue weighted by Gasteiger charge is -2.30. The molecule has 6 heteroatoms. The molecule has 2 N–H and O–H groups in total. The number of aliphatic carboxylic acids is 1. The molecule has 0 aromatic rings. The molecule has 0 aliphatic heterocycles. The number of rotatable bonds is 6. The minimum Gasteiger partial charge on any atom is -0.480 e. The Morgan fingerprint density at radius 1 is 1.58 bits per heavy atom. The number of nitrogens with one attached hydrogen (secondary N) is 1. The lowest BCUT2D eigenvalue weighted by atomic mass is 9.96. The molecule has 1 saturated carbocycles. The van der Waals surface area contributed by atoms with Gasteiger partial charge in [0.2, 0.25) is 0 Å². The highest BCUT2D eigenvalue weighted by Gasteiger charge is 2.49. The van der Waals surface area contributed by atoms with Crippen molar-refractivity contribution in [1.82, 2.24) is 10.2 Å². The summed E-state index contributed by atoms with van der Waals surface area (Å²) in [7, 11) is 0. The van der Waals surface area contributed by atoms with Gasteiger partial charge in [0.1, 0.15) is 5.54 Å². The van der Waals surface area contributed by atoms with Crippen molar-refractivity contribution in [3.8, 4) is 6.07 Å². The maximum atomic E-state index is 12.1. The molecule has 0 radical (unpaired) electrons.